The number of pyridine rings is 1. The van der Waals surface area contributed by atoms with Crippen molar-refractivity contribution in [2.45, 2.75) is 20.0 Å². The molecular formula is C17H15ClN2O2. The van der Waals surface area contributed by atoms with Crippen LogP contribution in [0.4, 0.5) is 0 Å². The molecule has 0 aliphatic heterocycles. The number of hydrogen-bond acceptors (Lipinski definition) is 3. The lowest BCUT2D eigenvalue weighted by Gasteiger charge is -2.04. The van der Waals surface area contributed by atoms with Crippen molar-refractivity contribution in [3.05, 3.63) is 58.9 Å². The Morgan fingerprint density at radius 3 is 2.59 bits per heavy atom. The van der Waals surface area contributed by atoms with Crippen molar-refractivity contribution in [3.63, 3.8) is 0 Å². The van der Waals surface area contributed by atoms with Gasteiger partial charge in [-0.3, -0.25) is 4.79 Å². The van der Waals surface area contributed by atoms with E-state index in [-0.39, 0.29) is 12.4 Å². The molecular weight excluding hydrogens is 300 g/mol. The third-order valence-corrected chi connectivity index (χ3v) is 3.75. The molecule has 2 heterocycles. The van der Waals surface area contributed by atoms with Crippen LogP contribution in [-0.2, 0) is 17.8 Å². The van der Waals surface area contributed by atoms with Crippen LogP contribution in [0, 0.1) is 0 Å². The van der Waals surface area contributed by atoms with Gasteiger partial charge in [-0.15, -0.1) is 0 Å². The minimum absolute atomic E-state index is 0.0999. The summed E-state index contributed by atoms with van der Waals surface area (Å²) in [4.78, 5) is 15.9. The number of aliphatic hydroxyl groups is 1. The summed E-state index contributed by atoms with van der Waals surface area (Å²) in [5, 5.41) is 10.4. The lowest BCUT2D eigenvalue weighted by atomic mass is 10.1. The van der Waals surface area contributed by atoms with E-state index in [0.29, 0.717) is 17.1 Å². The smallest absolute Gasteiger partial charge is 0.137 e. The molecule has 0 aliphatic rings. The van der Waals surface area contributed by atoms with Gasteiger partial charge >= 0.3 is 0 Å². The predicted molar refractivity (Wildman–Crippen MR) is 85.9 cm³/mol. The van der Waals surface area contributed by atoms with Gasteiger partial charge in [0.2, 0.25) is 0 Å². The minimum Gasteiger partial charge on any atom is -0.390 e. The van der Waals surface area contributed by atoms with E-state index in [1.54, 1.807) is 19.1 Å². The monoisotopic (exact) mass is 314 g/mol. The topological polar surface area (TPSA) is 54.6 Å². The number of imidazole rings is 1. The van der Waals surface area contributed by atoms with Gasteiger partial charge in [0.1, 0.15) is 11.4 Å². The second-order valence-corrected chi connectivity index (χ2v) is 5.65. The van der Waals surface area contributed by atoms with Crippen molar-refractivity contribution in [1.82, 2.24) is 9.38 Å². The lowest BCUT2D eigenvalue weighted by molar-refractivity contribution is -0.116. The van der Waals surface area contributed by atoms with Crippen LogP contribution in [-0.4, -0.2) is 20.3 Å². The molecule has 112 valence electrons. The first-order valence-corrected chi connectivity index (χ1v) is 7.32. The fraction of sp³-hybridized carbons (Fsp3) is 0.176. The number of carbonyl (C=O) groups is 1. The number of hydrogen-bond donors (Lipinski definition) is 1. The summed E-state index contributed by atoms with van der Waals surface area (Å²) >= 11 is 5.91. The highest BCUT2D eigenvalue weighted by Crippen LogP contribution is 2.26. The lowest BCUT2D eigenvalue weighted by Crippen LogP contribution is -2.00. The van der Waals surface area contributed by atoms with Crippen molar-refractivity contribution < 1.29 is 9.90 Å². The van der Waals surface area contributed by atoms with Crippen molar-refractivity contribution in [2.75, 3.05) is 0 Å². The summed E-state index contributed by atoms with van der Waals surface area (Å²) in [6, 6.07) is 11.1. The molecule has 4 nitrogen and oxygen atoms in total. The first-order chi connectivity index (χ1) is 10.6. The molecule has 3 rings (SSSR count). The van der Waals surface area contributed by atoms with Gasteiger partial charge in [-0.25, -0.2) is 4.98 Å². The largest absolute Gasteiger partial charge is 0.390 e. The number of benzene rings is 1. The molecule has 0 fully saturated rings. The molecule has 0 amide bonds. The number of aromatic nitrogens is 2. The zero-order valence-corrected chi connectivity index (χ0v) is 12.8. The highest BCUT2D eigenvalue weighted by molar-refractivity contribution is 6.30. The Balaban J connectivity index is 2.15. The zero-order chi connectivity index (χ0) is 15.7. The van der Waals surface area contributed by atoms with E-state index >= 15 is 0 Å². The maximum Gasteiger partial charge on any atom is 0.137 e. The van der Waals surface area contributed by atoms with Gasteiger partial charge in [-0.1, -0.05) is 29.8 Å². The Morgan fingerprint density at radius 2 is 1.95 bits per heavy atom. The normalized spacial score (nSPS) is 11.0. The van der Waals surface area contributed by atoms with Crippen molar-refractivity contribution in [1.29, 1.82) is 0 Å². The van der Waals surface area contributed by atoms with E-state index in [9.17, 15) is 9.90 Å². The van der Waals surface area contributed by atoms with Crippen LogP contribution < -0.4 is 0 Å². The third-order valence-electron chi connectivity index (χ3n) is 3.50. The van der Waals surface area contributed by atoms with Gasteiger partial charge in [0, 0.05) is 23.2 Å². The standard InChI is InChI=1S/C17H15ClN2O2/c1-11(22)8-12-2-7-16-19-17(15(10-21)20(16)9-12)13-3-5-14(18)6-4-13/h2-7,9,21H,8,10H2,1H3. The van der Waals surface area contributed by atoms with Gasteiger partial charge in [-0.2, -0.15) is 0 Å². The highest BCUT2D eigenvalue weighted by atomic mass is 35.5. The fourth-order valence-corrected chi connectivity index (χ4v) is 2.65. The van der Waals surface area contributed by atoms with Crippen LogP contribution in [0.5, 0.6) is 0 Å². The quantitative estimate of drug-likeness (QED) is 0.804. The molecule has 0 atom stereocenters. The van der Waals surface area contributed by atoms with Crippen LogP contribution in [0.25, 0.3) is 16.9 Å². The molecule has 5 heteroatoms. The van der Waals surface area contributed by atoms with Gasteiger partial charge in [0.15, 0.2) is 0 Å². The molecule has 0 radical (unpaired) electrons. The maximum absolute atomic E-state index is 11.3. The number of ketones is 1. The van der Waals surface area contributed by atoms with Gasteiger partial charge in [0.05, 0.1) is 18.0 Å². The molecule has 2 aromatic heterocycles. The Labute approximate surface area is 133 Å². The Kier molecular flexibility index (Phi) is 3.96. The van der Waals surface area contributed by atoms with E-state index in [1.807, 2.05) is 34.9 Å². The second kappa shape index (κ2) is 5.91. The molecule has 0 bridgehead atoms. The predicted octanol–water partition coefficient (Wildman–Crippen LogP) is 3.28. The summed E-state index contributed by atoms with van der Waals surface area (Å²) < 4.78 is 1.84. The van der Waals surface area contributed by atoms with Crippen molar-refractivity contribution in [2.24, 2.45) is 0 Å². The van der Waals surface area contributed by atoms with Crippen molar-refractivity contribution in [3.8, 4) is 11.3 Å². The SMILES string of the molecule is CC(=O)Cc1ccc2nc(-c3ccc(Cl)cc3)c(CO)n2c1. The second-order valence-electron chi connectivity index (χ2n) is 5.22. The van der Waals surface area contributed by atoms with E-state index in [1.165, 1.54) is 0 Å². The number of halogens is 1. The number of carbonyl (C=O) groups excluding carboxylic acids is 1. The van der Waals surface area contributed by atoms with Crippen LogP contribution in [0.15, 0.2) is 42.6 Å². The molecule has 1 aromatic carbocycles. The van der Waals surface area contributed by atoms with Gasteiger partial charge in [0.25, 0.3) is 0 Å². The number of Topliss-reactive ketones (excluding diaryl/α,β-unsaturated/α-hetero) is 1. The summed E-state index contributed by atoms with van der Waals surface area (Å²) in [7, 11) is 0. The molecule has 0 saturated carbocycles. The Morgan fingerprint density at radius 1 is 1.23 bits per heavy atom. The average Bonchev–Trinajstić information content (AvgIpc) is 2.85. The Hall–Kier alpha value is -2.17. The third kappa shape index (κ3) is 2.75. The summed E-state index contributed by atoms with van der Waals surface area (Å²) in [5.74, 6) is 0.0999. The molecule has 0 spiro atoms. The molecule has 3 aromatic rings. The number of aliphatic hydroxyl groups excluding tert-OH is 1. The molecule has 0 aliphatic carbocycles. The molecule has 0 unspecified atom stereocenters. The maximum atomic E-state index is 11.3. The fourth-order valence-electron chi connectivity index (χ4n) is 2.52. The van der Waals surface area contributed by atoms with Crippen molar-refractivity contribution >= 4 is 23.0 Å². The number of nitrogens with zero attached hydrogens (tertiary/aromatic N) is 2. The van der Waals surface area contributed by atoms with E-state index in [0.717, 1.165) is 22.5 Å². The summed E-state index contributed by atoms with van der Waals surface area (Å²) in [5.41, 5.74) is 3.95. The summed E-state index contributed by atoms with van der Waals surface area (Å²) in [6.07, 6.45) is 2.23. The number of fused-ring (bicyclic) bond motifs is 1. The zero-order valence-electron chi connectivity index (χ0n) is 12.1. The minimum atomic E-state index is -0.136. The molecule has 22 heavy (non-hydrogen) atoms. The van der Waals surface area contributed by atoms with Crippen LogP contribution in [0.3, 0.4) is 0 Å². The van der Waals surface area contributed by atoms with E-state index in [2.05, 4.69) is 4.98 Å². The van der Waals surface area contributed by atoms with Gasteiger partial charge in [-0.05, 0) is 30.7 Å². The highest BCUT2D eigenvalue weighted by Gasteiger charge is 2.14. The first-order valence-electron chi connectivity index (χ1n) is 6.94. The van der Waals surface area contributed by atoms with Crippen LogP contribution in [0.1, 0.15) is 18.2 Å². The summed E-state index contributed by atoms with van der Waals surface area (Å²) in [6.45, 7) is 1.42. The number of rotatable bonds is 4. The Bertz CT molecular complexity index is 838. The average molecular weight is 315 g/mol. The van der Waals surface area contributed by atoms with Gasteiger partial charge < -0.3 is 9.51 Å². The van der Waals surface area contributed by atoms with E-state index in [4.69, 9.17) is 11.6 Å². The van der Waals surface area contributed by atoms with Crippen LogP contribution in [0.2, 0.25) is 5.02 Å². The molecule has 0 saturated heterocycles. The molecule has 1 N–H and O–H groups in total. The van der Waals surface area contributed by atoms with Crippen LogP contribution >= 0.6 is 11.6 Å². The van der Waals surface area contributed by atoms with E-state index < -0.39 is 0 Å². The first kappa shape index (κ1) is 14.8.